The predicted octanol–water partition coefficient (Wildman–Crippen LogP) is 1.99. The zero-order valence-corrected chi connectivity index (χ0v) is 10.9. The Morgan fingerprint density at radius 2 is 1.82 bits per heavy atom. The highest BCUT2D eigenvalue weighted by Crippen LogP contribution is 2.40. The molecule has 0 aliphatic heterocycles. The quantitative estimate of drug-likeness (QED) is 0.825. The van der Waals surface area contributed by atoms with Crippen molar-refractivity contribution in [1.82, 2.24) is 0 Å². The van der Waals surface area contributed by atoms with Crippen LogP contribution in [0.4, 0.5) is 0 Å². The van der Waals surface area contributed by atoms with E-state index in [-0.39, 0.29) is 6.10 Å². The number of rotatable bonds is 6. The Labute approximate surface area is 103 Å². The molecule has 1 aromatic carbocycles. The Hall–Kier alpha value is -1.42. The van der Waals surface area contributed by atoms with Crippen molar-refractivity contribution in [2.24, 2.45) is 5.73 Å². The first-order valence-corrected chi connectivity index (χ1v) is 5.74. The number of methoxy groups -OCH3 is 2. The summed E-state index contributed by atoms with van der Waals surface area (Å²) in [6.45, 7) is 4.53. The van der Waals surface area contributed by atoms with Crippen LogP contribution in [0.5, 0.6) is 17.2 Å². The lowest BCUT2D eigenvalue weighted by molar-refractivity contribution is 0.224. The second kappa shape index (κ2) is 6.35. The van der Waals surface area contributed by atoms with Crippen molar-refractivity contribution in [1.29, 1.82) is 0 Å². The van der Waals surface area contributed by atoms with Crippen molar-refractivity contribution in [3.05, 3.63) is 17.7 Å². The van der Waals surface area contributed by atoms with E-state index in [4.69, 9.17) is 19.9 Å². The maximum atomic E-state index is 5.80. The third-order valence-corrected chi connectivity index (χ3v) is 2.35. The van der Waals surface area contributed by atoms with Crippen LogP contribution in [-0.2, 0) is 6.42 Å². The van der Waals surface area contributed by atoms with E-state index in [0.717, 1.165) is 17.7 Å². The Morgan fingerprint density at radius 1 is 1.12 bits per heavy atom. The minimum Gasteiger partial charge on any atom is -0.493 e. The minimum absolute atomic E-state index is 0.0764. The molecule has 4 nitrogen and oxygen atoms in total. The fraction of sp³-hybridized carbons (Fsp3) is 0.538. The fourth-order valence-corrected chi connectivity index (χ4v) is 1.66. The largest absolute Gasteiger partial charge is 0.493 e. The van der Waals surface area contributed by atoms with Crippen LogP contribution in [0.2, 0.25) is 0 Å². The SMILES string of the molecule is COc1ccc(CCN)c(OC(C)C)c1OC. The highest BCUT2D eigenvalue weighted by Gasteiger charge is 2.16. The molecule has 4 heteroatoms. The molecule has 0 saturated carbocycles. The van der Waals surface area contributed by atoms with Gasteiger partial charge in [-0.15, -0.1) is 0 Å². The zero-order valence-electron chi connectivity index (χ0n) is 10.9. The zero-order chi connectivity index (χ0) is 12.8. The average molecular weight is 239 g/mol. The molecule has 0 atom stereocenters. The topological polar surface area (TPSA) is 53.7 Å². The molecular weight excluding hydrogens is 218 g/mol. The summed E-state index contributed by atoms with van der Waals surface area (Å²) < 4.78 is 16.4. The van der Waals surface area contributed by atoms with Gasteiger partial charge in [-0.1, -0.05) is 6.07 Å². The number of hydrogen-bond acceptors (Lipinski definition) is 4. The molecule has 0 aliphatic rings. The van der Waals surface area contributed by atoms with Gasteiger partial charge in [0, 0.05) is 0 Å². The molecule has 0 unspecified atom stereocenters. The van der Waals surface area contributed by atoms with Crippen molar-refractivity contribution in [2.45, 2.75) is 26.4 Å². The van der Waals surface area contributed by atoms with Crippen molar-refractivity contribution in [3.63, 3.8) is 0 Å². The van der Waals surface area contributed by atoms with E-state index in [0.29, 0.717) is 18.0 Å². The summed E-state index contributed by atoms with van der Waals surface area (Å²) >= 11 is 0. The summed E-state index contributed by atoms with van der Waals surface area (Å²) in [6.07, 6.45) is 0.829. The molecule has 0 aromatic heterocycles. The van der Waals surface area contributed by atoms with Crippen LogP contribution in [-0.4, -0.2) is 26.9 Å². The summed E-state index contributed by atoms with van der Waals surface area (Å²) in [4.78, 5) is 0. The molecule has 0 fully saturated rings. The van der Waals surface area contributed by atoms with Gasteiger partial charge in [0.25, 0.3) is 0 Å². The molecule has 0 amide bonds. The molecule has 17 heavy (non-hydrogen) atoms. The molecule has 0 bridgehead atoms. The molecule has 96 valence electrons. The van der Waals surface area contributed by atoms with E-state index < -0.39 is 0 Å². The van der Waals surface area contributed by atoms with Crippen LogP contribution in [0.25, 0.3) is 0 Å². The Balaban J connectivity index is 3.22. The van der Waals surface area contributed by atoms with Gasteiger partial charge >= 0.3 is 0 Å². The standard InChI is InChI=1S/C13H21NO3/c1-9(2)17-12-10(7-8-14)5-6-11(15-3)13(12)16-4/h5-6,9H,7-8,14H2,1-4H3. The van der Waals surface area contributed by atoms with Gasteiger partial charge in [-0.25, -0.2) is 0 Å². The lowest BCUT2D eigenvalue weighted by Crippen LogP contribution is -2.11. The fourth-order valence-electron chi connectivity index (χ4n) is 1.66. The van der Waals surface area contributed by atoms with E-state index in [1.807, 2.05) is 26.0 Å². The van der Waals surface area contributed by atoms with E-state index in [2.05, 4.69) is 0 Å². The van der Waals surface area contributed by atoms with Crippen molar-refractivity contribution >= 4 is 0 Å². The monoisotopic (exact) mass is 239 g/mol. The normalized spacial score (nSPS) is 10.5. The molecule has 0 saturated heterocycles. The van der Waals surface area contributed by atoms with Gasteiger partial charge in [-0.05, 0) is 38.4 Å². The Kier molecular flexibility index (Phi) is 5.10. The number of nitrogens with two attached hydrogens (primary N) is 1. The summed E-state index contributed by atoms with van der Waals surface area (Å²) in [5.74, 6) is 2.03. The van der Waals surface area contributed by atoms with Gasteiger partial charge in [0.05, 0.1) is 20.3 Å². The molecule has 0 heterocycles. The van der Waals surface area contributed by atoms with Crippen LogP contribution in [0.3, 0.4) is 0 Å². The van der Waals surface area contributed by atoms with E-state index in [9.17, 15) is 0 Å². The molecular formula is C13H21NO3. The second-order valence-corrected chi connectivity index (χ2v) is 3.99. The van der Waals surface area contributed by atoms with Gasteiger partial charge < -0.3 is 19.9 Å². The van der Waals surface area contributed by atoms with Crippen LogP contribution in [0.1, 0.15) is 19.4 Å². The number of hydrogen-bond donors (Lipinski definition) is 1. The van der Waals surface area contributed by atoms with Gasteiger partial charge in [0.1, 0.15) is 0 Å². The van der Waals surface area contributed by atoms with Crippen LogP contribution < -0.4 is 19.9 Å². The van der Waals surface area contributed by atoms with Gasteiger partial charge in [-0.2, -0.15) is 0 Å². The highest BCUT2D eigenvalue weighted by atomic mass is 16.5. The van der Waals surface area contributed by atoms with Gasteiger partial charge in [0.15, 0.2) is 11.5 Å². The summed E-state index contributed by atoms with van der Waals surface area (Å²) in [6, 6.07) is 3.84. The predicted molar refractivity (Wildman–Crippen MR) is 68.1 cm³/mol. The lowest BCUT2D eigenvalue weighted by Gasteiger charge is -2.19. The van der Waals surface area contributed by atoms with E-state index >= 15 is 0 Å². The van der Waals surface area contributed by atoms with E-state index in [1.165, 1.54) is 0 Å². The van der Waals surface area contributed by atoms with Crippen LogP contribution in [0.15, 0.2) is 12.1 Å². The van der Waals surface area contributed by atoms with Crippen LogP contribution >= 0.6 is 0 Å². The maximum absolute atomic E-state index is 5.80. The summed E-state index contributed by atoms with van der Waals surface area (Å²) in [5, 5.41) is 0. The molecule has 1 aromatic rings. The summed E-state index contributed by atoms with van der Waals surface area (Å²) in [5.41, 5.74) is 6.64. The minimum atomic E-state index is 0.0764. The third-order valence-electron chi connectivity index (χ3n) is 2.35. The first kappa shape index (κ1) is 13.6. The molecule has 2 N–H and O–H groups in total. The molecule has 1 rings (SSSR count). The Morgan fingerprint density at radius 3 is 2.29 bits per heavy atom. The van der Waals surface area contributed by atoms with Gasteiger partial charge in [0.2, 0.25) is 5.75 Å². The third kappa shape index (κ3) is 3.27. The first-order valence-electron chi connectivity index (χ1n) is 5.74. The highest BCUT2D eigenvalue weighted by molar-refractivity contribution is 5.56. The number of benzene rings is 1. The Bertz CT molecular complexity index is 364. The average Bonchev–Trinajstić information content (AvgIpc) is 2.30. The lowest BCUT2D eigenvalue weighted by atomic mass is 10.1. The number of ether oxygens (including phenoxy) is 3. The van der Waals surface area contributed by atoms with Crippen molar-refractivity contribution < 1.29 is 14.2 Å². The van der Waals surface area contributed by atoms with Crippen molar-refractivity contribution in [2.75, 3.05) is 20.8 Å². The second-order valence-electron chi connectivity index (χ2n) is 3.99. The van der Waals surface area contributed by atoms with Gasteiger partial charge in [-0.3, -0.25) is 0 Å². The van der Waals surface area contributed by atoms with E-state index in [1.54, 1.807) is 14.2 Å². The molecule has 0 radical (unpaired) electrons. The first-order chi connectivity index (χ1) is 8.13. The van der Waals surface area contributed by atoms with Crippen molar-refractivity contribution in [3.8, 4) is 17.2 Å². The molecule has 0 aliphatic carbocycles. The molecule has 0 spiro atoms. The maximum Gasteiger partial charge on any atom is 0.203 e. The van der Waals surface area contributed by atoms with Crippen LogP contribution in [0, 0.1) is 0 Å². The smallest absolute Gasteiger partial charge is 0.203 e. The summed E-state index contributed by atoms with van der Waals surface area (Å²) in [7, 11) is 3.22.